The molecule has 0 bridgehead atoms. The van der Waals surface area contributed by atoms with Crippen LogP contribution in [0.4, 0.5) is 0 Å². The highest BCUT2D eigenvalue weighted by Crippen LogP contribution is 2.32. The highest BCUT2D eigenvalue weighted by molar-refractivity contribution is 9.10. The Morgan fingerprint density at radius 1 is 1.25 bits per heavy atom. The molecule has 0 spiro atoms. The second kappa shape index (κ2) is 5.02. The smallest absolute Gasteiger partial charge is 0.276 e. The number of imidazole rings is 1. The lowest BCUT2D eigenvalue weighted by Crippen LogP contribution is -2.22. The summed E-state index contributed by atoms with van der Waals surface area (Å²) in [5.74, 6) is 1.41. The fourth-order valence-corrected chi connectivity index (χ4v) is 3.96. The Hall–Kier alpha value is -2.45. The summed E-state index contributed by atoms with van der Waals surface area (Å²) in [5, 5.41) is 0. The van der Waals surface area contributed by atoms with Crippen molar-refractivity contribution in [2.45, 2.75) is 0 Å². The number of nitrogens with zero attached hydrogens (tertiary/aromatic N) is 3. The number of hydrogen-bond donors (Lipinski definition) is 0. The Labute approximate surface area is 147 Å². The number of halogens is 1. The molecule has 118 valence electrons. The third-order valence-electron chi connectivity index (χ3n) is 3.74. The molecule has 0 saturated heterocycles. The van der Waals surface area contributed by atoms with E-state index in [4.69, 9.17) is 9.47 Å². The first-order chi connectivity index (χ1) is 11.7. The van der Waals surface area contributed by atoms with Gasteiger partial charge in [0.1, 0.15) is 5.52 Å². The molecule has 1 aromatic carbocycles. The first-order valence-electron chi connectivity index (χ1n) is 7.07. The molecule has 0 radical (unpaired) electrons. The van der Waals surface area contributed by atoms with Crippen LogP contribution in [0.5, 0.6) is 11.5 Å². The summed E-state index contributed by atoms with van der Waals surface area (Å²) in [7, 11) is 0. The molecule has 3 aromatic heterocycles. The number of aromatic nitrogens is 3. The minimum absolute atomic E-state index is 0.120. The molecule has 0 fully saturated rings. The van der Waals surface area contributed by atoms with Gasteiger partial charge in [0.05, 0.1) is 4.53 Å². The number of rotatable bonds is 1. The van der Waals surface area contributed by atoms with E-state index in [-0.39, 0.29) is 12.4 Å². The largest absolute Gasteiger partial charge is 0.454 e. The predicted molar refractivity (Wildman–Crippen MR) is 93.7 cm³/mol. The van der Waals surface area contributed by atoms with Crippen LogP contribution in [-0.2, 0) is 0 Å². The van der Waals surface area contributed by atoms with E-state index in [0.29, 0.717) is 26.4 Å². The summed E-state index contributed by atoms with van der Waals surface area (Å²) in [6.45, 7) is 0.228. The van der Waals surface area contributed by atoms with E-state index in [1.807, 2.05) is 30.3 Å². The van der Waals surface area contributed by atoms with Gasteiger partial charge in [-0.25, -0.2) is 14.4 Å². The minimum Gasteiger partial charge on any atom is -0.454 e. The van der Waals surface area contributed by atoms with Crippen molar-refractivity contribution in [3.05, 3.63) is 55.4 Å². The van der Waals surface area contributed by atoms with Gasteiger partial charge in [0.25, 0.3) is 5.56 Å². The third-order valence-corrected chi connectivity index (χ3v) is 5.15. The average Bonchev–Trinajstić information content (AvgIpc) is 3.23. The normalized spacial score (nSPS) is 14.1. The van der Waals surface area contributed by atoms with Gasteiger partial charge in [-0.15, -0.1) is 0 Å². The van der Waals surface area contributed by atoms with Gasteiger partial charge < -0.3 is 9.47 Å². The van der Waals surface area contributed by atoms with E-state index >= 15 is 0 Å². The van der Waals surface area contributed by atoms with Crippen molar-refractivity contribution in [2.24, 2.45) is 0 Å². The van der Waals surface area contributed by atoms with Crippen LogP contribution >= 0.6 is 27.3 Å². The van der Waals surface area contributed by atoms with E-state index < -0.39 is 0 Å². The van der Waals surface area contributed by atoms with Crippen LogP contribution in [-0.4, -0.2) is 21.2 Å². The fourth-order valence-electron chi connectivity index (χ4n) is 2.67. The maximum Gasteiger partial charge on any atom is 0.276 e. The second-order valence-corrected chi connectivity index (χ2v) is 7.18. The summed E-state index contributed by atoms with van der Waals surface area (Å²) >= 11 is 4.70. The van der Waals surface area contributed by atoms with Gasteiger partial charge in [0, 0.05) is 10.7 Å². The number of thiazole rings is 1. The van der Waals surface area contributed by atoms with Gasteiger partial charge in [-0.05, 0) is 45.8 Å². The molecule has 1 aliphatic heterocycles. The molecule has 0 unspecified atom stereocenters. The Kier molecular flexibility index (Phi) is 2.92. The van der Waals surface area contributed by atoms with E-state index in [9.17, 15) is 4.79 Å². The Bertz CT molecular complexity index is 1230. The number of pyridine rings is 1. The molecule has 0 aliphatic carbocycles. The van der Waals surface area contributed by atoms with Crippen molar-refractivity contribution < 1.29 is 9.47 Å². The molecule has 8 heteroatoms. The zero-order valence-corrected chi connectivity index (χ0v) is 14.4. The highest BCUT2D eigenvalue weighted by atomic mass is 79.9. The van der Waals surface area contributed by atoms with Gasteiger partial charge in [-0.1, -0.05) is 17.4 Å². The fraction of sp³-hybridized carbons (Fsp3) is 0.0625. The van der Waals surface area contributed by atoms with Crippen LogP contribution in [0, 0.1) is 0 Å². The third kappa shape index (κ3) is 2.03. The molecule has 0 N–H and O–H groups in total. The lowest BCUT2D eigenvalue weighted by Gasteiger charge is -1.96. The second-order valence-electron chi connectivity index (χ2n) is 5.25. The van der Waals surface area contributed by atoms with Crippen molar-refractivity contribution in [1.82, 2.24) is 14.4 Å². The van der Waals surface area contributed by atoms with Crippen LogP contribution in [0.1, 0.15) is 5.56 Å². The highest BCUT2D eigenvalue weighted by Gasteiger charge is 2.14. The van der Waals surface area contributed by atoms with Crippen LogP contribution in [0.2, 0.25) is 0 Å². The standard InChI is InChI=1S/C16H8BrN3O3S/c17-9-5-10-14(18-6-9)20-15(21)13(24-16(20)19-10)4-8-1-2-11-12(3-8)23-7-22-11/h1-6H,7H2. The first-order valence-corrected chi connectivity index (χ1v) is 8.68. The summed E-state index contributed by atoms with van der Waals surface area (Å²) in [6.07, 6.45) is 3.49. The molecule has 4 heterocycles. The summed E-state index contributed by atoms with van der Waals surface area (Å²) in [5.41, 5.74) is 2.02. The van der Waals surface area contributed by atoms with Gasteiger partial charge >= 0.3 is 0 Å². The van der Waals surface area contributed by atoms with Crippen molar-refractivity contribution in [3.63, 3.8) is 0 Å². The Balaban J connectivity index is 1.72. The molecule has 6 nitrogen and oxygen atoms in total. The topological polar surface area (TPSA) is 65.7 Å². The first kappa shape index (κ1) is 13.9. The lowest BCUT2D eigenvalue weighted by atomic mass is 10.2. The van der Waals surface area contributed by atoms with Gasteiger partial charge in [0.15, 0.2) is 22.1 Å². The minimum atomic E-state index is -0.120. The van der Waals surface area contributed by atoms with Crippen molar-refractivity contribution in [1.29, 1.82) is 0 Å². The molecule has 0 saturated carbocycles. The van der Waals surface area contributed by atoms with Crippen molar-refractivity contribution >= 4 is 49.5 Å². The van der Waals surface area contributed by atoms with Gasteiger partial charge in [-0.2, -0.15) is 0 Å². The zero-order chi connectivity index (χ0) is 16.3. The molecule has 4 aromatic rings. The van der Waals surface area contributed by atoms with E-state index in [1.165, 1.54) is 11.3 Å². The SMILES string of the molecule is O=c1c(=Cc2ccc3c(c2)OCO3)sc2nc3cc(Br)cnc3n12. The Morgan fingerprint density at radius 2 is 2.12 bits per heavy atom. The van der Waals surface area contributed by atoms with Gasteiger partial charge in [-0.3, -0.25) is 4.79 Å². The summed E-state index contributed by atoms with van der Waals surface area (Å²) < 4.78 is 13.7. The molecule has 5 rings (SSSR count). The zero-order valence-electron chi connectivity index (χ0n) is 12.0. The number of fused-ring (bicyclic) bond motifs is 4. The number of ether oxygens (including phenoxy) is 2. The average molecular weight is 402 g/mol. The lowest BCUT2D eigenvalue weighted by molar-refractivity contribution is 0.174. The van der Waals surface area contributed by atoms with E-state index in [2.05, 4.69) is 25.9 Å². The van der Waals surface area contributed by atoms with Crippen LogP contribution in [0.25, 0.3) is 22.2 Å². The maximum absolute atomic E-state index is 12.7. The van der Waals surface area contributed by atoms with Gasteiger partial charge in [0.2, 0.25) is 6.79 Å². The van der Waals surface area contributed by atoms with E-state index in [0.717, 1.165) is 15.8 Å². The van der Waals surface area contributed by atoms with Crippen molar-refractivity contribution in [2.75, 3.05) is 6.79 Å². The number of hydrogen-bond acceptors (Lipinski definition) is 6. The molecular weight excluding hydrogens is 394 g/mol. The molecule has 0 amide bonds. The van der Waals surface area contributed by atoms with Crippen molar-refractivity contribution in [3.8, 4) is 11.5 Å². The van der Waals surface area contributed by atoms with Crippen LogP contribution in [0.3, 0.4) is 0 Å². The molecule has 1 aliphatic rings. The summed E-state index contributed by atoms with van der Waals surface area (Å²) in [4.78, 5) is 22.1. The molecule has 24 heavy (non-hydrogen) atoms. The quantitative estimate of drug-likeness (QED) is 0.489. The molecule has 0 atom stereocenters. The summed E-state index contributed by atoms with van der Waals surface area (Å²) in [6, 6.07) is 7.44. The Morgan fingerprint density at radius 3 is 3.04 bits per heavy atom. The number of benzene rings is 1. The van der Waals surface area contributed by atoms with Crippen LogP contribution in [0.15, 0.2) is 39.7 Å². The monoisotopic (exact) mass is 401 g/mol. The molecular formula is C16H8BrN3O3S. The van der Waals surface area contributed by atoms with E-state index in [1.54, 1.807) is 10.6 Å². The predicted octanol–water partition coefficient (Wildman–Crippen LogP) is 2.34. The maximum atomic E-state index is 12.7. The van der Waals surface area contributed by atoms with Crippen LogP contribution < -0.4 is 19.6 Å².